The number of aliphatic hydroxyl groups is 2. The second-order valence-corrected chi connectivity index (χ2v) is 14.7. The number of carbonyl (C=O) groups is 1. The molecule has 1 aliphatic heterocycles. The van der Waals surface area contributed by atoms with Crippen LogP contribution in [0.5, 0.6) is 17.2 Å². The number of allylic oxidation sites excluding steroid dienone is 1. The summed E-state index contributed by atoms with van der Waals surface area (Å²) in [4.78, 5) is 21.5. The number of hydrogen-bond acceptors (Lipinski definition) is 9. The fourth-order valence-corrected chi connectivity index (χ4v) is 9.04. The minimum Gasteiger partial charge on any atom is -0.459 e. The molecule has 1 fully saturated rings. The third-order valence-electron chi connectivity index (χ3n) is 11.2. The van der Waals surface area contributed by atoms with E-state index in [9.17, 15) is 15.0 Å². The predicted molar refractivity (Wildman–Crippen MR) is 215 cm³/mol. The summed E-state index contributed by atoms with van der Waals surface area (Å²) in [5.41, 5.74) is 2.77. The zero-order chi connectivity index (χ0) is 38.8. The molecule has 1 saturated carbocycles. The standard InChI is InChI=1S/C45H58N2O8/c1-5-23-47(44(50)51-7-3)41-30-39(46-53-8-4)37-28-33(17-11-13-24-48)36(18-12-14-25-49)42-38-29-35(54-34-20-19-31-15-9-10-16-32(31)27-34)21-22-40(38)55-45(41,43(37)42)52-26-6-2/h6,9-10,15-16,19-22,27-29,33,36,41-43,48-49H,2,5,7-8,11-14,17-18,23-26,30H2,1,3-4H3. The second-order valence-electron chi connectivity index (χ2n) is 14.7. The molecule has 2 aliphatic carbocycles. The molecule has 1 amide bonds. The molecule has 6 rings (SSSR count). The molecule has 6 atom stereocenters. The van der Waals surface area contributed by atoms with Gasteiger partial charge in [-0.15, -0.1) is 6.58 Å². The average Bonchev–Trinajstić information content (AvgIpc) is 3.20. The maximum Gasteiger partial charge on any atom is 0.410 e. The van der Waals surface area contributed by atoms with Gasteiger partial charge in [0.15, 0.2) is 0 Å². The minimum absolute atomic E-state index is 0.110. The Hall–Kier alpha value is -4.38. The van der Waals surface area contributed by atoms with Crippen molar-refractivity contribution < 1.29 is 38.8 Å². The van der Waals surface area contributed by atoms with Crippen molar-refractivity contribution >= 4 is 22.6 Å². The van der Waals surface area contributed by atoms with Gasteiger partial charge in [-0.05, 0) is 104 Å². The highest BCUT2D eigenvalue weighted by atomic mass is 16.7. The summed E-state index contributed by atoms with van der Waals surface area (Å²) < 4.78 is 26.5. The lowest BCUT2D eigenvalue weighted by Gasteiger charge is -2.59. The summed E-state index contributed by atoms with van der Waals surface area (Å²) in [6.07, 6.45) is 9.49. The van der Waals surface area contributed by atoms with Crippen LogP contribution in [0.2, 0.25) is 0 Å². The largest absolute Gasteiger partial charge is 0.459 e. The Kier molecular flexibility index (Phi) is 13.9. The molecule has 3 aliphatic rings. The van der Waals surface area contributed by atoms with Crippen molar-refractivity contribution in [3.8, 4) is 17.2 Å². The first kappa shape index (κ1) is 40.3. The smallest absolute Gasteiger partial charge is 0.410 e. The number of rotatable bonds is 19. The first-order valence-corrected chi connectivity index (χ1v) is 20.2. The molecule has 0 bridgehead atoms. The lowest BCUT2D eigenvalue weighted by Crippen LogP contribution is -2.70. The van der Waals surface area contributed by atoms with Crippen LogP contribution in [-0.2, 0) is 14.3 Å². The lowest BCUT2D eigenvalue weighted by atomic mass is 9.55. The summed E-state index contributed by atoms with van der Waals surface area (Å²) >= 11 is 0. The van der Waals surface area contributed by atoms with E-state index in [1.54, 1.807) is 11.0 Å². The number of nitrogens with zero attached hydrogens (tertiary/aromatic N) is 2. The number of benzene rings is 3. The molecule has 10 heteroatoms. The van der Waals surface area contributed by atoms with Crippen LogP contribution in [0.25, 0.3) is 10.8 Å². The third kappa shape index (κ3) is 8.56. The number of aliphatic hydroxyl groups excluding tert-OH is 2. The first-order chi connectivity index (χ1) is 26.9. The molecule has 10 nitrogen and oxygen atoms in total. The zero-order valence-corrected chi connectivity index (χ0v) is 32.7. The van der Waals surface area contributed by atoms with Crippen LogP contribution < -0.4 is 9.47 Å². The van der Waals surface area contributed by atoms with Gasteiger partial charge in [0.2, 0.25) is 5.79 Å². The summed E-state index contributed by atoms with van der Waals surface area (Å²) in [7, 11) is 0. The van der Waals surface area contributed by atoms with Crippen LogP contribution >= 0.6 is 0 Å². The van der Waals surface area contributed by atoms with Crippen molar-refractivity contribution in [1.29, 1.82) is 0 Å². The molecular formula is C45H58N2O8. The van der Waals surface area contributed by atoms with E-state index in [0.29, 0.717) is 50.3 Å². The Morgan fingerprint density at radius 2 is 1.71 bits per heavy atom. The van der Waals surface area contributed by atoms with Crippen molar-refractivity contribution in [3.05, 3.63) is 90.5 Å². The molecule has 55 heavy (non-hydrogen) atoms. The maximum absolute atomic E-state index is 13.9. The van der Waals surface area contributed by atoms with Crippen LogP contribution in [0, 0.1) is 17.8 Å². The molecule has 296 valence electrons. The van der Waals surface area contributed by atoms with Crippen LogP contribution in [-0.4, -0.2) is 78.3 Å². The fourth-order valence-electron chi connectivity index (χ4n) is 9.04. The van der Waals surface area contributed by atoms with Crippen LogP contribution in [0.1, 0.15) is 83.6 Å². The van der Waals surface area contributed by atoms with Crippen molar-refractivity contribution in [2.75, 3.05) is 39.6 Å². The van der Waals surface area contributed by atoms with Gasteiger partial charge in [-0.3, -0.25) is 4.90 Å². The molecule has 3 aromatic rings. The number of ether oxygens (including phenoxy) is 4. The highest BCUT2D eigenvalue weighted by Gasteiger charge is 2.65. The zero-order valence-electron chi connectivity index (χ0n) is 32.7. The van der Waals surface area contributed by atoms with Gasteiger partial charge in [-0.1, -0.05) is 67.4 Å². The average molecular weight is 755 g/mol. The van der Waals surface area contributed by atoms with E-state index in [1.165, 1.54) is 0 Å². The summed E-state index contributed by atoms with van der Waals surface area (Å²) in [6.45, 7) is 11.3. The molecular weight excluding hydrogens is 697 g/mol. The molecule has 1 heterocycles. The first-order valence-electron chi connectivity index (χ1n) is 20.2. The highest BCUT2D eigenvalue weighted by Crippen LogP contribution is 2.62. The summed E-state index contributed by atoms with van der Waals surface area (Å²) in [5, 5.41) is 26.7. The normalized spacial score (nSPS) is 24.6. The SMILES string of the molecule is C=CCOC12Oc3ccc(Oc4ccc5ccccc5c4)cc3C3C(CCCCO)C(CCCCO)C=C(C(=NOCC)CC1N(CCC)C(=O)OCC)C32. The van der Waals surface area contributed by atoms with Gasteiger partial charge in [0.1, 0.15) is 29.9 Å². The van der Waals surface area contributed by atoms with Gasteiger partial charge in [0.25, 0.3) is 0 Å². The quantitative estimate of drug-likeness (QED) is 0.0707. The number of amides is 1. The monoisotopic (exact) mass is 754 g/mol. The van der Waals surface area contributed by atoms with Gasteiger partial charge < -0.3 is 34.0 Å². The topological polar surface area (TPSA) is 119 Å². The Morgan fingerprint density at radius 3 is 2.44 bits per heavy atom. The fraction of sp³-hybridized carbons (Fsp3) is 0.511. The van der Waals surface area contributed by atoms with Crippen LogP contribution in [0.15, 0.2) is 90.1 Å². The van der Waals surface area contributed by atoms with E-state index in [4.69, 9.17) is 28.9 Å². The minimum atomic E-state index is -1.32. The van der Waals surface area contributed by atoms with Crippen LogP contribution in [0.4, 0.5) is 4.79 Å². The summed E-state index contributed by atoms with van der Waals surface area (Å²) in [5.74, 6) is 0.480. The number of carbonyl (C=O) groups excluding carboxylic acids is 1. The number of unbranched alkanes of at least 4 members (excludes halogenated alkanes) is 2. The molecule has 0 saturated heterocycles. The van der Waals surface area contributed by atoms with Gasteiger partial charge in [0.05, 0.1) is 24.8 Å². The van der Waals surface area contributed by atoms with E-state index in [1.807, 2.05) is 51.1 Å². The number of oxime groups is 1. The van der Waals surface area contributed by atoms with E-state index in [-0.39, 0.29) is 44.2 Å². The van der Waals surface area contributed by atoms with Gasteiger partial charge in [-0.25, -0.2) is 4.79 Å². The maximum atomic E-state index is 13.9. The molecule has 3 aromatic carbocycles. The Bertz CT molecular complexity index is 1830. The van der Waals surface area contributed by atoms with E-state index in [2.05, 4.69) is 43.0 Å². The predicted octanol–water partition coefficient (Wildman–Crippen LogP) is 9.15. The number of fused-ring (bicyclic) bond motifs is 3. The van der Waals surface area contributed by atoms with E-state index < -0.39 is 23.8 Å². The Morgan fingerprint density at radius 1 is 0.964 bits per heavy atom. The molecule has 0 spiro atoms. The van der Waals surface area contributed by atoms with E-state index in [0.717, 1.165) is 59.1 Å². The lowest BCUT2D eigenvalue weighted by molar-refractivity contribution is -0.255. The Labute approximate surface area is 325 Å². The second kappa shape index (κ2) is 19.0. The number of hydrogen-bond donors (Lipinski definition) is 2. The van der Waals surface area contributed by atoms with Gasteiger partial charge >= 0.3 is 6.09 Å². The Balaban J connectivity index is 1.57. The van der Waals surface area contributed by atoms with Crippen molar-refractivity contribution in [3.63, 3.8) is 0 Å². The highest BCUT2D eigenvalue weighted by molar-refractivity contribution is 6.03. The molecule has 0 radical (unpaired) electrons. The van der Waals surface area contributed by atoms with Crippen LogP contribution in [0.3, 0.4) is 0 Å². The van der Waals surface area contributed by atoms with Crippen molar-refractivity contribution in [2.45, 2.75) is 89.9 Å². The molecule has 0 aromatic heterocycles. The van der Waals surface area contributed by atoms with Crippen molar-refractivity contribution in [1.82, 2.24) is 4.90 Å². The van der Waals surface area contributed by atoms with Gasteiger partial charge in [0, 0.05) is 37.7 Å². The van der Waals surface area contributed by atoms with Gasteiger partial charge in [-0.2, -0.15) is 0 Å². The summed E-state index contributed by atoms with van der Waals surface area (Å²) in [6, 6.07) is 19.7. The van der Waals surface area contributed by atoms with Crippen molar-refractivity contribution in [2.24, 2.45) is 22.9 Å². The molecule has 6 unspecified atom stereocenters. The third-order valence-corrected chi connectivity index (χ3v) is 11.2. The van der Waals surface area contributed by atoms with E-state index >= 15 is 0 Å². The molecule has 2 N–H and O–H groups in total.